The zero-order chi connectivity index (χ0) is 11.7. The molecule has 0 fully saturated rings. The van der Waals surface area contributed by atoms with Crippen molar-refractivity contribution in [3.63, 3.8) is 0 Å². The molecule has 1 unspecified atom stereocenters. The van der Waals surface area contributed by atoms with Crippen LogP contribution < -0.4 is 5.32 Å². The summed E-state index contributed by atoms with van der Waals surface area (Å²) in [4.78, 5) is 0. The molecule has 4 nitrogen and oxygen atoms in total. The topological polar surface area (TPSA) is 58.0 Å². The fourth-order valence-electron chi connectivity index (χ4n) is 2.35. The highest BCUT2D eigenvalue weighted by Crippen LogP contribution is 2.34. The van der Waals surface area contributed by atoms with Crippen molar-refractivity contribution in [1.82, 2.24) is 9.59 Å². The summed E-state index contributed by atoms with van der Waals surface area (Å²) < 4.78 is 3.85. The van der Waals surface area contributed by atoms with Crippen LogP contribution in [-0.4, -0.2) is 14.7 Å². The summed E-state index contributed by atoms with van der Waals surface area (Å²) in [6, 6.07) is 5.94. The third-order valence-electron chi connectivity index (χ3n) is 3.12. The maximum absolute atomic E-state index is 9.49. The molecule has 1 aliphatic carbocycles. The van der Waals surface area contributed by atoms with E-state index in [4.69, 9.17) is 0 Å². The predicted molar refractivity (Wildman–Crippen MR) is 67.3 cm³/mol. The highest BCUT2D eigenvalue weighted by Gasteiger charge is 2.20. The first-order valence-corrected chi connectivity index (χ1v) is 6.46. The van der Waals surface area contributed by atoms with Crippen LogP contribution in [0.2, 0.25) is 0 Å². The van der Waals surface area contributed by atoms with Crippen LogP contribution in [0.4, 0.5) is 5.00 Å². The number of hydrogen-bond acceptors (Lipinski definition) is 5. The van der Waals surface area contributed by atoms with Gasteiger partial charge in [-0.2, -0.15) is 0 Å². The molecule has 3 rings (SSSR count). The van der Waals surface area contributed by atoms with E-state index >= 15 is 0 Å². The third kappa shape index (κ3) is 2.10. The number of nitrogens with one attached hydrogen (secondary N) is 1. The second-order valence-corrected chi connectivity index (χ2v) is 5.04. The van der Waals surface area contributed by atoms with E-state index in [1.54, 1.807) is 12.3 Å². The quantitative estimate of drug-likeness (QED) is 0.856. The van der Waals surface area contributed by atoms with Gasteiger partial charge in [-0.05, 0) is 42.5 Å². The van der Waals surface area contributed by atoms with Gasteiger partial charge < -0.3 is 10.4 Å². The summed E-state index contributed by atoms with van der Waals surface area (Å²) in [5.41, 5.74) is 2.52. The lowest BCUT2D eigenvalue weighted by molar-refractivity contribution is 0.472. The first-order valence-electron chi connectivity index (χ1n) is 5.68. The van der Waals surface area contributed by atoms with E-state index in [1.807, 2.05) is 12.1 Å². The molecular weight excluding hydrogens is 234 g/mol. The molecule has 1 atom stereocenters. The van der Waals surface area contributed by atoms with Crippen LogP contribution in [0.15, 0.2) is 24.4 Å². The van der Waals surface area contributed by atoms with Gasteiger partial charge in [-0.15, -0.1) is 5.10 Å². The fourth-order valence-corrected chi connectivity index (χ4v) is 2.82. The fraction of sp³-hybridized carbons (Fsp3) is 0.333. The summed E-state index contributed by atoms with van der Waals surface area (Å²) in [7, 11) is 0. The number of nitrogens with zero attached hydrogens (tertiary/aromatic N) is 2. The summed E-state index contributed by atoms with van der Waals surface area (Å²) in [5.74, 6) is 0.351. The zero-order valence-corrected chi connectivity index (χ0v) is 10.1. The maximum Gasteiger partial charge on any atom is 0.130 e. The average Bonchev–Trinajstić information content (AvgIpc) is 2.82. The van der Waals surface area contributed by atoms with Crippen LogP contribution in [0.1, 0.15) is 30.0 Å². The molecule has 0 aliphatic heterocycles. The Morgan fingerprint density at radius 1 is 1.41 bits per heavy atom. The summed E-state index contributed by atoms with van der Waals surface area (Å²) in [6.07, 6.45) is 5.04. The third-order valence-corrected chi connectivity index (χ3v) is 3.71. The Morgan fingerprint density at radius 2 is 2.35 bits per heavy atom. The Bertz CT molecular complexity index is 512. The van der Waals surface area contributed by atoms with Gasteiger partial charge >= 0.3 is 0 Å². The monoisotopic (exact) mass is 247 g/mol. The van der Waals surface area contributed by atoms with Crippen LogP contribution in [-0.2, 0) is 6.42 Å². The number of phenolic OH excluding ortho intramolecular Hbond substituents is 1. The molecule has 0 radical (unpaired) electrons. The number of hydrogen-bond donors (Lipinski definition) is 2. The number of aryl methyl sites for hydroxylation is 1. The van der Waals surface area contributed by atoms with E-state index in [9.17, 15) is 5.11 Å². The molecule has 88 valence electrons. The van der Waals surface area contributed by atoms with Crippen LogP contribution >= 0.6 is 11.5 Å². The SMILES string of the molecule is Oc1ccc2c(c1)CCCC2Nc1cnns1. The highest BCUT2D eigenvalue weighted by atomic mass is 32.1. The average molecular weight is 247 g/mol. The van der Waals surface area contributed by atoms with Crippen LogP contribution in [0, 0.1) is 0 Å². The second kappa shape index (κ2) is 4.33. The van der Waals surface area contributed by atoms with Gasteiger partial charge in [-0.25, -0.2) is 0 Å². The minimum atomic E-state index is 0.307. The van der Waals surface area contributed by atoms with Gasteiger partial charge in [0.05, 0.1) is 12.2 Å². The standard InChI is InChI=1S/C12H13N3OS/c16-9-4-5-10-8(6-9)2-1-3-11(10)14-12-7-13-15-17-12/h4-7,11,14,16H,1-3H2. The highest BCUT2D eigenvalue weighted by molar-refractivity contribution is 7.09. The lowest BCUT2D eigenvalue weighted by atomic mass is 9.87. The second-order valence-electron chi connectivity index (χ2n) is 4.25. The minimum absolute atomic E-state index is 0.307. The van der Waals surface area contributed by atoms with E-state index < -0.39 is 0 Å². The minimum Gasteiger partial charge on any atom is -0.508 e. The predicted octanol–water partition coefficient (Wildman–Crippen LogP) is 2.73. The molecule has 1 aromatic heterocycles. The van der Waals surface area contributed by atoms with Gasteiger partial charge in [0, 0.05) is 11.5 Å². The molecule has 5 heteroatoms. The number of aromatic nitrogens is 2. The van der Waals surface area contributed by atoms with Gasteiger partial charge in [0.2, 0.25) is 0 Å². The van der Waals surface area contributed by atoms with E-state index in [-0.39, 0.29) is 0 Å². The molecule has 2 N–H and O–H groups in total. The summed E-state index contributed by atoms with van der Waals surface area (Å²) >= 11 is 1.37. The van der Waals surface area contributed by atoms with Crippen molar-refractivity contribution in [3.8, 4) is 5.75 Å². The van der Waals surface area contributed by atoms with Crippen molar-refractivity contribution in [2.24, 2.45) is 0 Å². The molecule has 0 spiro atoms. The van der Waals surface area contributed by atoms with Gasteiger partial charge in [0.1, 0.15) is 10.8 Å². The van der Waals surface area contributed by atoms with Crippen molar-refractivity contribution >= 4 is 16.5 Å². The molecule has 0 saturated heterocycles. The molecular formula is C12H13N3OS. The maximum atomic E-state index is 9.49. The Kier molecular flexibility index (Phi) is 2.68. The van der Waals surface area contributed by atoms with Gasteiger partial charge in [0.15, 0.2) is 0 Å². The Morgan fingerprint density at radius 3 is 3.18 bits per heavy atom. The summed E-state index contributed by atoms with van der Waals surface area (Å²) in [6.45, 7) is 0. The van der Waals surface area contributed by atoms with E-state index in [0.717, 1.165) is 24.3 Å². The smallest absolute Gasteiger partial charge is 0.130 e. The molecule has 1 aromatic carbocycles. The lowest BCUT2D eigenvalue weighted by Crippen LogP contribution is -2.16. The molecule has 1 aliphatic rings. The Labute approximate surface area is 103 Å². The molecule has 0 saturated carbocycles. The number of benzene rings is 1. The first-order chi connectivity index (χ1) is 8.33. The van der Waals surface area contributed by atoms with Gasteiger partial charge in [-0.1, -0.05) is 10.6 Å². The van der Waals surface area contributed by atoms with Crippen molar-refractivity contribution in [1.29, 1.82) is 0 Å². The number of fused-ring (bicyclic) bond motifs is 1. The normalized spacial score (nSPS) is 18.7. The number of aromatic hydroxyl groups is 1. The molecule has 1 heterocycles. The Hall–Kier alpha value is -1.62. The van der Waals surface area contributed by atoms with Crippen LogP contribution in [0.25, 0.3) is 0 Å². The van der Waals surface area contributed by atoms with Crippen LogP contribution in [0.5, 0.6) is 5.75 Å². The number of rotatable bonds is 2. The van der Waals surface area contributed by atoms with E-state index in [1.165, 1.54) is 22.7 Å². The lowest BCUT2D eigenvalue weighted by Gasteiger charge is -2.26. The van der Waals surface area contributed by atoms with Crippen molar-refractivity contribution in [2.45, 2.75) is 25.3 Å². The number of phenols is 1. The molecule has 0 amide bonds. The van der Waals surface area contributed by atoms with Crippen molar-refractivity contribution in [3.05, 3.63) is 35.5 Å². The molecule has 17 heavy (non-hydrogen) atoms. The molecule has 0 bridgehead atoms. The van der Waals surface area contributed by atoms with Gasteiger partial charge in [-0.3, -0.25) is 0 Å². The number of anilines is 1. The first kappa shape index (κ1) is 10.5. The largest absolute Gasteiger partial charge is 0.508 e. The van der Waals surface area contributed by atoms with Crippen molar-refractivity contribution in [2.75, 3.05) is 5.32 Å². The zero-order valence-electron chi connectivity index (χ0n) is 9.26. The van der Waals surface area contributed by atoms with E-state index in [0.29, 0.717) is 11.8 Å². The van der Waals surface area contributed by atoms with Gasteiger partial charge in [0.25, 0.3) is 0 Å². The van der Waals surface area contributed by atoms with Crippen LogP contribution in [0.3, 0.4) is 0 Å². The van der Waals surface area contributed by atoms with Crippen molar-refractivity contribution < 1.29 is 5.11 Å². The van der Waals surface area contributed by atoms with E-state index in [2.05, 4.69) is 14.9 Å². The summed E-state index contributed by atoms with van der Waals surface area (Å²) in [5, 5.41) is 17.8. The Balaban J connectivity index is 1.89. The molecule has 2 aromatic rings.